The summed E-state index contributed by atoms with van der Waals surface area (Å²) in [6.07, 6.45) is 3.91. The first-order chi connectivity index (χ1) is 10.5. The summed E-state index contributed by atoms with van der Waals surface area (Å²) in [4.78, 5) is 23.3. The third kappa shape index (κ3) is 6.06. The number of nitrogens with one attached hydrogen (secondary N) is 2. The van der Waals surface area contributed by atoms with Gasteiger partial charge in [-0.1, -0.05) is 23.7 Å². The highest BCUT2D eigenvalue weighted by Crippen LogP contribution is 2.28. The van der Waals surface area contributed by atoms with Crippen molar-refractivity contribution in [3.05, 3.63) is 34.9 Å². The van der Waals surface area contributed by atoms with Crippen molar-refractivity contribution in [3.8, 4) is 0 Å². The lowest BCUT2D eigenvalue weighted by atomic mass is 10.1. The van der Waals surface area contributed by atoms with Crippen molar-refractivity contribution in [2.45, 2.75) is 45.1 Å². The second-order valence-corrected chi connectivity index (χ2v) is 6.40. The first-order valence-electron chi connectivity index (χ1n) is 7.86. The van der Waals surface area contributed by atoms with Gasteiger partial charge in [-0.2, -0.15) is 0 Å². The Kier molecular flexibility index (Phi) is 6.25. The van der Waals surface area contributed by atoms with Gasteiger partial charge in [-0.15, -0.1) is 0 Å². The summed E-state index contributed by atoms with van der Waals surface area (Å²) in [7, 11) is 0. The van der Waals surface area contributed by atoms with Crippen molar-refractivity contribution in [3.63, 3.8) is 0 Å². The van der Waals surface area contributed by atoms with Gasteiger partial charge in [0.2, 0.25) is 11.8 Å². The molecule has 0 saturated heterocycles. The summed E-state index contributed by atoms with van der Waals surface area (Å²) in [5.41, 5.74) is 1.15. The molecule has 22 heavy (non-hydrogen) atoms. The molecule has 2 amide bonds. The van der Waals surface area contributed by atoms with Crippen LogP contribution in [0.25, 0.3) is 0 Å². The molecule has 0 spiro atoms. The normalized spacial score (nSPS) is 15.2. The van der Waals surface area contributed by atoms with Crippen molar-refractivity contribution in [2.24, 2.45) is 5.92 Å². The van der Waals surface area contributed by atoms with Crippen LogP contribution in [0.3, 0.4) is 0 Å². The number of benzene rings is 1. The van der Waals surface area contributed by atoms with Gasteiger partial charge in [0, 0.05) is 29.9 Å². The van der Waals surface area contributed by atoms with Gasteiger partial charge in [-0.3, -0.25) is 9.59 Å². The minimum Gasteiger partial charge on any atom is -0.356 e. The number of hydrogen-bond donors (Lipinski definition) is 2. The highest BCUT2D eigenvalue weighted by molar-refractivity contribution is 6.30. The third-order valence-electron chi connectivity index (χ3n) is 3.69. The van der Waals surface area contributed by atoms with E-state index in [9.17, 15) is 9.59 Å². The van der Waals surface area contributed by atoms with Crippen LogP contribution in [-0.4, -0.2) is 24.4 Å². The van der Waals surface area contributed by atoms with Crippen molar-refractivity contribution >= 4 is 23.4 Å². The van der Waals surface area contributed by atoms with Gasteiger partial charge in [-0.25, -0.2) is 0 Å². The van der Waals surface area contributed by atoms with Crippen LogP contribution >= 0.6 is 11.6 Å². The van der Waals surface area contributed by atoms with E-state index in [2.05, 4.69) is 10.6 Å². The maximum absolute atomic E-state index is 11.8. The molecule has 120 valence electrons. The molecule has 1 saturated carbocycles. The van der Waals surface area contributed by atoms with E-state index in [1.54, 1.807) is 0 Å². The molecule has 1 aliphatic rings. The molecular weight excluding hydrogens is 300 g/mol. The van der Waals surface area contributed by atoms with E-state index in [1.165, 1.54) is 0 Å². The van der Waals surface area contributed by atoms with Gasteiger partial charge in [-0.05, 0) is 50.3 Å². The SMILES string of the molecule is C[C@@H](Cc1ccc(Cl)cc1)NC(=O)CCCNC(=O)C1CC1. The number of rotatable bonds is 8. The van der Waals surface area contributed by atoms with E-state index >= 15 is 0 Å². The van der Waals surface area contributed by atoms with E-state index < -0.39 is 0 Å². The summed E-state index contributed by atoms with van der Waals surface area (Å²) in [6, 6.07) is 7.73. The molecule has 0 bridgehead atoms. The standard InChI is InChI=1S/C17H23ClN2O2/c1-12(11-13-4-8-15(18)9-5-13)20-16(21)3-2-10-19-17(22)14-6-7-14/h4-5,8-9,12,14H,2-3,6-7,10-11H2,1H3,(H,19,22)(H,20,21)/t12-/m0/s1. The Morgan fingerprint density at radius 1 is 1.27 bits per heavy atom. The molecule has 0 aliphatic heterocycles. The lowest BCUT2D eigenvalue weighted by Gasteiger charge is -2.14. The van der Waals surface area contributed by atoms with Crippen LogP contribution < -0.4 is 10.6 Å². The second-order valence-electron chi connectivity index (χ2n) is 5.97. The Morgan fingerprint density at radius 2 is 1.95 bits per heavy atom. The first-order valence-corrected chi connectivity index (χ1v) is 8.24. The van der Waals surface area contributed by atoms with Gasteiger partial charge in [0.1, 0.15) is 0 Å². The number of carbonyl (C=O) groups excluding carboxylic acids is 2. The Bertz CT molecular complexity index is 512. The van der Waals surface area contributed by atoms with Crippen LogP contribution in [0.5, 0.6) is 0 Å². The molecule has 0 aromatic heterocycles. The van der Waals surface area contributed by atoms with E-state index in [0.717, 1.165) is 24.8 Å². The zero-order chi connectivity index (χ0) is 15.9. The molecular formula is C17H23ClN2O2. The average Bonchev–Trinajstić information content (AvgIpc) is 3.30. The van der Waals surface area contributed by atoms with Crippen LogP contribution in [0.2, 0.25) is 5.02 Å². The van der Waals surface area contributed by atoms with Crippen LogP contribution in [0, 0.1) is 5.92 Å². The molecule has 4 nitrogen and oxygen atoms in total. The minimum atomic E-state index is 0.0298. The van der Waals surface area contributed by atoms with Gasteiger partial charge >= 0.3 is 0 Å². The van der Waals surface area contributed by atoms with Crippen molar-refractivity contribution in [2.75, 3.05) is 6.54 Å². The summed E-state index contributed by atoms with van der Waals surface area (Å²) in [5, 5.41) is 6.56. The predicted octanol–water partition coefficient (Wildman–Crippen LogP) is 2.69. The highest BCUT2D eigenvalue weighted by Gasteiger charge is 2.28. The van der Waals surface area contributed by atoms with Gasteiger partial charge < -0.3 is 10.6 Å². The fourth-order valence-electron chi connectivity index (χ4n) is 2.32. The van der Waals surface area contributed by atoms with Gasteiger partial charge in [0.25, 0.3) is 0 Å². The fraction of sp³-hybridized carbons (Fsp3) is 0.529. The van der Waals surface area contributed by atoms with Crippen molar-refractivity contribution in [1.82, 2.24) is 10.6 Å². The van der Waals surface area contributed by atoms with Crippen molar-refractivity contribution in [1.29, 1.82) is 0 Å². The van der Waals surface area contributed by atoms with E-state index in [1.807, 2.05) is 31.2 Å². The molecule has 5 heteroatoms. The Balaban J connectivity index is 1.59. The maximum Gasteiger partial charge on any atom is 0.223 e. The molecule has 0 heterocycles. The minimum absolute atomic E-state index is 0.0298. The topological polar surface area (TPSA) is 58.2 Å². The molecule has 1 aromatic carbocycles. The zero-order valence-electron chi connectivity index (χ0n) is 12.9. The van der Waals surface area contributed by atoms with Crippen LogP contribution in [0.1, 0.15) is 38.2 Å². The van der Waals surface area contributed by atoms with Crippen LogP contribution in [0.15, 0.2) is 24.3 Å². The van der Waals surface area contributed by atoms with E-state index in [-0.39, 0.29) is 23.8 Å². The van der Waals surface area contributed by atoms with Crippen LogP contribution in [-0.2, 0) is 16.0 Å². The van der Waals surface area contributed by atoms with Gasteiger partial charge in [0.05, 0.1) is 0 Å². The lowest BCUT2D eigenvalue weighted by Crippen LogP contribution is -2.34. The van der Waals surface area contributed by atoms with Crippen molar-refractivity contribution < 1.29 is 9.59 Å². The van der Waals surface area contributed by atoms with Gasteiger partial charge in [0.15, 0.2) is 0 Å². The highest BCUT2D eigenvalue weighted by atomic mass is 35.5. The van der Waals surface area contributed by atoms with E-state index in [0.29, 0.717) is 24.4 Å². The fourth-order valence-corrected chi connectivity index (χ4v) is 2.45. The Hall–Kier alpha value is -1.55. The molecule has 1 atom stereocenters. The molecule has 0 unspecified atom stereocenters. The molecule has 1 aromatic rings. The van der Waals surface area contributed by atoms with Crippen LogP contribution in [0.4, 0.5) is 0 Å². The quantitative estimate of drug-likeness (QED) is 0.723. The number of amides is 2. The molecule has 2 N–H and O–H groups in total. The Labute approximate surface area is 136 Å². The smallest absolute Gasteiger partial charge is 0.223 e. The molecule has 1 aliphatic carbocycles. The largest absolute Gasteiger partial charge is 0.356 e. The zero-order valence-corrected chi connectivity index (χ0v) is 13.7. The summed E-state index contributed by atoms with van der Waals surface area (Å²) in [5.74, 6) is 0.395. The first kappa shape index (κ1) is 16.8. The molecule has 2 rings (SSSR count). The molecule has 1 fully saturated rings. The third-order valence-corrected chi connectivity index (χ3v) is 3.94. The predicted molar refractivity (Wildman–Crippen MR) is 87.7 cm³/mol. The second kappa shape index (κ2) is 8.18. The molecule has 0 radical (unpaired) electrons. The number of halogens is 1. The number of carbonyl (C=O) groups is 2. The van der Waals surface area contributed by atoms with E-state index in [4.69, 9.17) is 11.6 Å². The summed E-state index contributed by atoms with van der Waals surface area (Å²) >= 11 is 5.85. The maximum atomic E-state index is 11.8. The summed E-state index contributed by atoms with van der Waals surface area (Å²) < 4.78 is 0. The lowest BCUT2D eigenvalue weighted by molar-refractivity contribution is -0.123. The Morgan fingerprint density at radius 3 is 2.59 bits per heavy atom. The monoisotopic (exact) mass is 322 g/mol. The summed E-state index contributed by atoms with van der Waals surface area (Å²) in [6.45, 7) is 2.57. The average molecular weight is 323 g/mol. The number of hydrogen-bond acceptors (Lipinski definition) is 2.